The van der Waals surface area contributed by atoms with Gasteiger partial charge in [0.25, 0.3) is 5.91 Å². The third-order valence-electron chi connectivity index (χ3n) is 5.23. The number of amides is 2. The van der Waals surface area contributed by atoms with E-state index >= 15 is 0 Å². The Morgan fingerprint density at radius 2 is 1.77 bits per heavy atom. The van der Waals surface area contributed by atoms with Crippen LogP contribution in [0, 0.1) is 0 Å². The van der Waals surface area contributed by atoms with Gasteiger partial charge in [-0.3, -0.25) is 14.5 Å². The highest BCUT2D eigenvalue weighted by atomic mass is 35.5. The number of aromatic nitrogens is 2. The van der Waals surface area contributed by atoms with Gasteiger partial charge in [0, 0.05) is 22.1 Å². The summed E-state index contributed by atoms with van der Waals surface area (Å²) < 4.78 is 3.82. The summed E-state index contributed by atoms with van der Waals surface area (Å²) in [7, 11) is 0. The molecule has 3 aromatic rings. The molecule has 30 heavy (non-hydrogen) atoms. The van der Waals surface area contributed by atoms with Crippen LogP contribution in [-0.2, 0) is 4.79 Å². The van der Waals surface area contributed by atoms with Crippen molar-refractivity contribution in [3.8, 4) is 0 Å². The first-order valence-electron chi connectivity index (χ1n) is 9.85. The van der Waals surface area contributed by atoms with Crippen LogP contribution in [0.4, 0.5) is 5.69 Å². The van der Waals surface area contributed by atoms with Crippen LogP contribution in [0.3, 0.4) is 0 Å². The van der Waals surface area contributed by atoms with Gasteiger partial charge in [-0.2, -0.15) is 0 Å². The highest BCUT2D eigenvalue weighted by Gasteiger charge is 2.35. The Hall–Kier alpha value is -2.77. The molecule has 1 aliphatic rings. The van der Waals surface area contributed by atoms with E-state index in [0.29, 0.717) is 16.3 Å². The molecule has 1 heterocycles. The summed E-state index contributed by atoms with van der Waals surface area (Å²) in [5.41, 5.74) is 1.49. The maximum atomic E-state index is 13.5. The van der Waals surface area contributed by atoms with Gasteiger partial charge in [0.15, 0.2) is 5.69 Å². The van der Waals surface area contributed by atoms with E-state index in [2.05, 4.69) is 14.9 Å². The van der Waals surface area contributed by atoms with E-state index in [4.69, 9.17) is 11.6 Å². The van der Waals surface area contributed by atoms with Gasteiger partial charge in [-0.1, -0.05) is 59.3 Å². The summed E-state index contributed by atoms with van der Waals surface area (Å²) >= 11 is 7.17. The number of carbonyl (C=O) groups excluding carboxylic acids is 2. The van der Waals surface area contributed by atoms with Gasteiger partial charge in [-0.05, 0) is 54.2 Å². The lowest BCUT2D eigenvalue weighted by molar-refractivity contribution is -0.123. The van der Waals surface area contributed by atoms with E-state index in [1.54, 1.807) is 29.6 Å². The van der Waals surface area contributed by atoms with Gasteiger partial charge in [0.2, 0.25) is 5.91 Å². The monoisotopic (exact) mass is 440 g/mol. The first-order chi connectivity index (χ1) is 14.6. The summed E-state index contributed by atoms with van der Waals surface area (Å²) in [5.74, 6) is -0.596. The molecule has 1 aliphatic carbocycles. The lowest BCUT2D eigenvalue weighted by atomic mass is 10.0. The Kier molecular flexibility index (Phi) is 6.40. The minimum Gasteiger partial charge on any atom is -0.351 e. The lowest BCUT2D eigenvalue weighted by Crippen LogP contribution is -2.46. The van der Waals surface area contributed by atoms with Crippen LogP contribution < -0.4 is 10.2 Å². The lowest BCUT2D eigenvalue weighted by Gasteiger charge is -2.31. The van der Waals surface area contributed by atoms with E-state index in [1.165, 1.54) is 4.90 Å². The average Bonchev–Trinajstić information content (AvgIpc) is 3.47. The fraction of sp³-hybridized carbons (Fsp3) is 0.273. The van der Waals surface area contributed by atoms with E-state index < -0.39 is 6.04 Å². The van der Waals surface area contributed by atoms with Gasteiger partial charge in [-0.25, -0.2) is 0 Å². The molecule has 6 nitrogen and oxygen atoms in total. The molecule has 8 heteroatoms. The molecule has 4 rings (SSSR count). The quantitative estimate of drug-likeness (QED) is 0.606. The number of anilines is 1. The smallest absolute Gasteiger partial charge is 0.280 e. The van der Waals surface area contributed by atoms with Crippen molar-refractivity contribution in [1.29, 1.82) is 0 Å². The molecule has 1 N–H and O–H groups in total. The summed E-state index contributed by atoms with van der Waals surface area (Å²) in [4.78, 5) is 28.4. The molecule has 0 radical (unpaired) electrons. The molecule has 154 valence electrons. The molecule has 0 bridgehead atoms. The van der Waals surface area contributed by atoms with Crippen LogP contribution in [0.15, 0.2) is 60.0 Å². The van der Waals surface area contributed by atoms with Crippen molar-refractivity contribution in [3.05, 3.63) is 76.3 Å². The Bertz CT molecular complexity index is 990. The predicted molar refractivity (Wildman–Crippen MR) is 118 cm³/mol. The second kappa shape index (κ2) is 9.36. The first-order valence-corrected chi connectivity index (χ1v) is 11.1. The average molecular weight is 441 g/mol. The Morgan fingerprint density at radius 3 is 2.40 bits per heavy atom. The zero-order valence-electron chi connectivity index (χ0n) is 16.2. The number of nitrogens with one attached hydrogen (secondary N) is 1. The molecular weight excluding hydrogens is 420 g/mol. The first kappa shape index (κ1) is 20.5. The second-order valence-corrected chi connectivity index (χ2v) is 8.29. The topological polar surface area (TPSA) is 75.2 Å². The number of benzene rings is 2. The zero-order chi connectivity index (χ0) is 20.9. The van der Waals surface area contributed by atoms with E-state index in [0.717, 1.165) is 37.2 Å². The molecule has 2 amide bonds. The zero-order valence-corrected chi connectivity index (χ0v) is 17.8. The van der Waals surface area contributed by atoms with Gasteiger partial charge < -0.3 is 5.32 Å². The largest absolute Gasteiger partial charge is 0.351 e. The molecule has 1 atom stereocenters. The SMILES string of the molecule is O=C(NC1CCCC1)[C@@H](c1ccc(Cl)cc1)N(C(=O)c1csnn1)c1ccccc1. The fourth-order valence-corrected chi connectivity index (χ4v) is 4.32. The summed E-state index contributed by atoms with van der Waals surface area (Å²) in [5, 5.41) is 9.24. The molecule has 0 spiro atoms. The van der Waals surface area contributed by atoms with Crippen molar-refractivity contribution in [1.82, 2.24) is 14.9 Å². The molecular formula is C22H21ClN4O2S. The fourth-order valence-electron chi connectivity index (χ4n) is 3.77. The van der Waals surface area contributed by atoms with Crippen LogP contribution in [0.5, 0.6) is 0 Å². The molecule has 1 aromatic heterocycles. The predicted octanol–water partition coefficient (Wildman–Crippen LogP) is 4.64. The number of para-hydroxylation sites is 1. The molecule has 0 saturated heterocycles. The van der Waals surface area contributed by atoms with Crippen LogP contribution >= 0.6 is 23.1 Å². The Morgan fingerprint density at radius 1 is 1.07 bits per heavy atom. The number of halogens is 1. The summed E-state index contributed by atoms with van der Waals surface area (Å²) in [6, 6.07) is 15.4. The molecule has 0 unspecified atom stereocenters. The van der Waals surface area contributed by atoms with Crippen molar-refractivity contribution in [2.24, 2.45) is 0 Å². The van der Waals surface area contributed by atoms with Gasteiger partial charge >= 0.3 is 0 Å². The van der Waals surface area contributed by atoms with Crippen molar-refractivity contribution < 1.29 is 9.59 Å². The van der Waals surface area contributed by atoms with Gasteiger partial charge in [0.1, 0.15) is 6.04 Å². The normalized spacial score (nSPS) is 15.0. The number of hydrogen-bond acceptors (Lipinski definition) is 5. The minimum absolute atomic E-state index is 0.126. The van der Waals surface area contributed by atoms with Crippen molar-refractivity contribution in [2.45, 2.75) is 37.8 Å². The molecule has 1 fully saturated rings. The van der Waals surface area contributed by atoms with Crippen LogP contribution in [0.25, 0.3) is 0 Å². The van der Waals surface area contributed by atoms with E-state index in [-0.39, 0.29) is 23.6 Å². The molecule has 0 aliphatic heterocycles. The highest BCUT2D eigenvalue weighted by molar-refractivity contribution is 7.03. The highest BCUT2D eigenvalue weighted by Crippen LogP contribution is 2.31. The molecule has 2 aromatic carbocycles. The second-order valence-electron chi connectivity index (χ2n) is 7.24. The summed E-state index contributed by atoms with van der Waals surface area (Å²) in [6.07, 6.45) is 4.10. The van der Waals surface area contributed by atoms with Crippen LogP contribution in [0.1, 0.15) is 47.8 Å². The minimum atomic E-state index is -0.862. The third kappa shape index (κ3) is 4.52. The Labute approximate surface area is 184 Å². The number of nitrogens with zero attached hydrogens (tertiary/aromatic N) is 3. The Balaban J connectivity index is 1.78. The van der Waals surface area contributed by atoms with Crippen molar-refractivity contribution >= 4 is 40.6 Å². The van der Waals surface area contributed by atoms with Gasteiger partial charge in [0.05, 0.1) is 0 Å². The van der Waals surface area contributed by atoms with E-state index in [1.807, 2.05) is 30.3 Å². The standard InChI is InChI=1S/C22H21ClN4O2S/c23-16-12-10-15(11-13-16)20(21(28)24-17-6-4-5-7-17)27(18-8-2-1-3-9-18)22(29)19-14-30-26-25-19/h1-3,8-14,17,20H,4-7H2,(H,24,28)/t20-/m1/s1. The molecule has 1 saturated carbocycles. The maximum absolute atomic E-state index is 13.5. The number of carbonyl (C=O) groups is 2. The number of hydrogen-bond donors (Lipinski definition) is 1. The third-order valence-corrected chi connectivity index (χ3v) is 5.98. The number of rotatable bonds is 6. The van der Waals surface area contributed by atoms with Crippen LogP contribution in [-0.4, -0.2) is 27.4 Å². The summed E-state index contributed by atoms with van der Waals surface area (Å²) in [6.45, 7) is 0. The van der Waals surface area contributed by atoms with Crippen molar-refractivity contribution in [2.75, 3.05) is 4.90 Å². The van der Waals surface area contributed by atoms with E-state index in [9.17, 15) is 9.59 Å². The van der Waals surface area contributed by atoms with Crippen LogP contribution in [0.2, 0.25) is 5.02 Å². The van der Waals surface area contributed by atoms with Crippen molar-refractivity contribution in [3.63, 3.8) is 0 Å². The maximum Gasteiger partial charge on any atom is 0.280 e. The van der Waals surface area contributed by atoms with Gasteiger partial charge in [-0.15, -0.1) is 5.10 Å².